The van der Waals surface area contributed by atoms with Gasteiger partial charge in [-0.1, -0.05) is 0 Å². The topological polar surface area (TPSA) is 104 Å². The van der Waals surface area contributed by atoms with E-state index in [0.717, 1.165) is 0 Å². The van der Waals surface area contributed by atoms with Crippen LogP contribution in [-0.4, -0.2) is 5.66 Å². The van der Waals surface area contributed by atoms with E-state index >= 15 is 0 Å². The molecule has 8 N–H and O–H groups in total. The molecule has 0 amide bonds. The Hall–Kier alpha value is -1.00. The molecule has 0 fully saturated rings. The summed E-state index contributed by atoms with van der Waals surface area (Å²) in [7, 11) is 0. The molecule has 10 heavy (non-hydrogen) atoms. The predicted molar refractivity (Wildman–Crippen MR) is 40.3 cm³/mol. The summed E-state index contributed by atoms with van der Waals surface area (Å²) < 4.78 is 0. The zero-order valence-corrected chi connectivity index (χ0v) is 5.67. The normalized spacial score (nSPS) is 23.4. The van der Waals surface area contributed by atoms with Crippen LogP contribution in [0.3, 0.4) is 0 Å². The molecule has 1 aliphatic rings. The average molecular weight is 140 g/mol. The highest BCUT2D eigenvalue weighted by Crippen LogP contribution is 2.15. The predicted octanol–water partition coefficient (Wildman–Crippen LogP) is -1.31. The molecule has 0 saturated heterocycles. The van der Waals surface area contributed by atoms with Crippen LogP contribution >= 0.6 is 0 Å². The summed E-state index contributed by atoms with van der Waals surface area (Å²) in [4.78, 5) is 0. The largest absolute Gasteiger partial charge is 0.402 e. The standard InChI is InChI=1S/C6H12N4/c7-4-1-2-5(8)6(9,10)3-4/h1-2H,3,7-10H2. The van der Waals surface area contributed by atoms with Gasteiger partial charge < -0.3 is 22.9 Å². The number of nitrogens with two attached hydrogens (primary N) is 4. The van der Waals surface area contributed by atoms with Gasteiger partial charge in [0.05, 0.1) is 0 Å². The first-order valence-electron chi connectivity index (χ1n) is 3.02. The second-order valence-electron chi connectivity index (χ2n) is 2.58. The van der Waals surface area contributed by atoms with Gasteiger partial charge in [0.25, 0.3) is 0 Å². The minimum atomic E-state index is -0.946. The van der Waals surface area contributed by atoms with Crippen molar-refractivity contribution in [2.45, 2.75) is 12.1 Å². The molecule has 0 aromatic rings. The zero-order valence-electron chi connectivity index (χ0n) is 5.67. The van der Waals surface area contributed by atoms with Crippen molar-refractivity contribution in [2.24, 2.45) is 22.9 Å². The maximum atomic E-state index is 5.58. The Bertz CT molecular complexity index is 202. The van der Waals surface area contributed by atoms with Gasteiger partial charge in [0, 0.05) is 17.8 Å². The molecule has 4 heteroatoms. The van der Waals surface area contributed by atoms with E-state index in [-0.39, 0.29) is 0 Å². The first kappa shape index (κ1) is 7.11. The van der Waals surface area contributed by atoms with Crippen molar-refractivity contribution in [2.75, 3.05) is 0 Å². The van der Waals surface area contributed by atoms with E-state index in [0.29, 0.717) is 17.8 Å². The minimum Gasteiger partial charge on any atom is -0.402 e. The van der Waals surface area contributed by atoms with Crippen molar-refractivity contribution < 1.29 is 0 Å². The van der Waals surface area contributed by atoms with Crippen LogP contribution in [0.15, 0.2) is 23.5 Å². The first-order chi connectivity index (χ1) is 4.52. The molecule has 1 rings (SSSR count). The lowest BCUT2D eigenvalue weighted by Gasteiger charge is -2.27. The van der Waals surface area contributed by atoms with Crippen molar-refractivity contribution in [1.29, 1.82) is 0 Å². The van der Waals surface area contributed by atoms with Crippen LogP contribution in [0.5, 0.6) is 0 Å². The number of rotatable bonds is 0. The van der Waals surface area contributed by atoms with Crippen LogP contribution in [-0.2, 0) is 0 Å². The SMILES string of the molecule is NC1=CC=C(N)C(N)(N)C1. The van der Waals surface area contributed by atoms with Gasteiger partial charge in [-0.05, 0) is 12.2 Å². The fourth-order valence-electron chi connectivity index (χ4n) is 0.851. The summed E-state index contributed by atoms with van der Waals surface area (Å²) in [6.45, 7) is 0. The van der Waals surface area contributed by atoms with E-state index < -0.39 is 5.66 Å². The Morgan fingerprint density at radius 3 is 2.20 bits per heavy atom. The molecule has 0 unspecified atom stereocenters. The Morgan fingerprint density at radius 2 is 1.80 bits per heavy atom. The third-order valence-corrected chi connectivity index (χ3v) is 1.51. The third-order valence-electron chi connectivity index (χ3n) is 1.51. The minimum absolute atomic E-state index is 0.426. The van der Waals surface area contributed by atoms with Crippen LogP contribution < -0.4 is 22.9 Å². The second-order valence-corrected chi connectivity index (χ2v) is 2.58. The van der Waals surface area contributed by atoms with Gasteiger partial charge in [-0.2, -0.15) is 0 Å². The van der Waals surface area contributed by atoms with E-state index in [4.69, 9.17) is 22.9 Å². The van der Waals surface area contributed by atoms with Gasteiger partial charge >= 0.3 is 0 Å². The smallest absolute Gasteiger partial charge is 0.110 e. The summed E-state index contributed by atoms with van der Waals surface area (Å²) in [5, 5.41) is 0. The molecular formula is C6H12N4. The number of hydrogen-bond donors (Lipinski definition) is 4. The lowest BCUT2D eigenvalue weighted by Crippen LogP contribution is -2.55. The Morgan fingerprint density at radius 1 is 1.20 bits per heavy atom. The van der Waals surface area contributed by atoms with Crippen LogP contribution in [0.1, 0.15) is 6.42 Å². The van der Waals surface area contributed by atoms with E-state index in [1.54, 1.807) is 12.2 Å². The second kappa shape index (κ2) is 2.00. The molecule has 0 heterocycles. The summed E-state index contributed by atoms with van der Waals surface area (Å²) in [5.74, 6) is 0. The summed E-state index contributed by atoms with van der Waals surface area (Å²) in [6, 6.07) is 0. The lowest BCUT2D eigenvalue weighted by molar-refractivity contribution is 0.500. The Labute approximate surface area is 59.5 Å². The zero-order chi connectivity index (χ0) is 7.78. The van der Waals surface area contributed by atoms with E-state index in [1.807, 2.05) is 0 Å². The summed E-state index contributed by atoms with van der Waals surface area (Å²) in [6.07, 6.45) is 3.78. The van der Waals surface area contributed by atoms with Gasteiger partial charge in [-0.15, -0.1) is 0 Å². The molecule has 0 atom stereocenters. The fraction of sp³-hybridized carbons (Fsp3) is 0.333. The van der Waals surface area contributed by atoms with Gasteiger partial charge in [-0.3, -0.25) is 0 Å². The molecule has 1 aliphatic carbocycles. The highest BCUT2D eigenvalue weighted by atomic mass is 15.0. The summed E-state index contributed by atoms with van der Waals surface area (Å²) in [5.41, 5.74) is 22.3. The quantitative estimate of drug-likeness (QED) is 0.313. The van der Waals surface area contributed by atoms with Gasteiger partial charge in [0.1, 0.15) is 5.66 Å². The molecule has 0 bridgehead atoms. The van der Waals surface area contributed by atoms with Gasteiger partial charge in [0.2, 0.25) is 0 Å². The highest BCUT2D eigenvalue weighted by molar-refractivity contribution is 5.29. The maximum absolute atomic E-state index is 5.58. The molecule has 0 spiro atoms. The molecular weight excluding hydrogens is 128 g/mol. The van der Waals surface area contributed by atoms with Crippen molar-refractivity contribution in [3.8, 4) is 0 Å². The lowest BCUT2D eigenvalue weighted by atomic mass is 9.97. The van der Waals surface area contributed by atoms with Crippen molar-refractivity contribution in [3.63, 3.8) is 0 Å². The third kappa shape index (κ3) is 1.12. The average Bonchev–Trinajstić information content (AvgIpc) is 1.78. The van der Waals surface area contributed by atoms with Crippen LogP contribution in [0, 0.1) is 0 Å². The van der Waals surface area contributed by atoms with Gasteiger partial charge in [-0.25, -0.2) is 0 Å². The van der Waals surface area contributed by atoms with Crippen molar-refractivity contribution in [1.82, 2.24) is 0 Å². The molecule has 0 aromatic carbocycles. The van der Waals surface area contributed by atoms with E-state index in [2.05, 4.69) is 0 Å². The summed E-state index contributed by atoms with van der Waals surface area (Å²) >= 11 is 0. The fourth-order valence-corrected chi connectivity index (χ4v) is 0.851. The van der Waals surface area contributed by atoms with Crippen molar-refractivity contribution in [3.05, 3.63) is 23.5 Å². The molecule has 0 aromatic heterocycles. The Kier molecular flexibility index (Phi) is 1.42. The molecule has 0 radical (unpaired) electrons. The first-order valence-corrected chi connectivity index (χ1v) is 3.02. The Balaban J connectivity index is 2.89. The van der Waals surface area contributed by atoms with Gasteiger partial charge in [0.15, 0.2) is 0 Å². The maximum Gasteiger partial charge on any atom is 0.110 e. The van der Waals surface area contributed by atoms with Crippen LogP contribution in [0.2, 0.25) is 0 Å². The van der Waals surface area contributed by atoms with Crippen LogP contribution in [0.25, 0.3) is 0 Å². The highest BCUT2D eigenvalue weighted by Gasteiger charge is 2.25. The molecule has 4 nitrogen and oxygen atoms in total. The number of hydrogen-bond acceptors (Lipinski definition) is 4. The molecule has 0 aliphatic heterocycles. The molecule has 56 valence electrons. The van der Waals surface area contributed by atoms with E-state index in [9.17, 15) is 0 Å². The van der Waals surface area contributed by atoms with Crippen molar-refractivity contribution >= 4 is 0 Å². The van der Waals surface area contributed by atoms with E-state index in [1.165, 1.54) is 0 Å². The number of allylic oxidation sites excluding steroid dienone is 2. The monoisotopic (exact) mass is 140 g/mol. The molecule has 0 saturated carbocycles. The van der Waals surface area contributed by atoms with Crippen LogP contribution in [0.4, 0.5) is 0 Å².